The van der Waals surface area contributed by atoms with E-state index in [9.17, 15) is 20.1 Å². The topological polar surface area (TPSA) is 88.2 Å². The monoisotopic (exact) mass is 518 g/mol. The van der Waals surface area contributed by atoms with E-state index in [1.807, 2.05) is 12.1 Å². The minimum absolute atomic E-state index is 0.158. The summed E-state index contributed by atoms with van der Waals surface area (Å²) in [5, 5.41) is 18.8. The van der Waals surface area contributed by atoms with E-state index in [2.05, 4.69) is 26.0 Å². The number of unbranched alkanes of at least 4 members (excludes halogenated alkanes) is 6. The predicted molar refractivity (Wildman–Crippen MR) is 144 cm³/mol. The van der Waals surface area contributed by atoms with Crippen molar-refractivity contribution in [1.29, 1.82) is 10.5 Å². The first-order chi connectivity index (χ1) is 17.5. The standard InChI is InChI=1S/C28H30N4O2S2/c1-3-5-7-9-15-31-25(21-13-11-19(17-29)35-21)23-24(27(31)33)26(22-14-12-20(18-30)36-22)32(28(23)34)16-10-8-6-4-2/h11-14H,3-10,15-16H2,1-2H3. The summed E-state index contributed by atoms with van der Waals surface area (Å²) >= 11 is 2.63. The van der Waals surface area contributed by atoms with Crippen LogP contribution in [0.4, 0.5) is 0 Å². The fourth-order valence-electron chi connectivity index (χ4n) is 4.78. The van der Waals surface area contributed by atoms with Gasteiger partial charge in [0.2, 0.25) is 0 Å². The Balaban J connectivity index is 1.83. The highest BCUT2D eigenvalue weighted by molar-refractivity contribution is 7.14. The number of amides is 2. The predicted octanol–water partition coefficient (Wildman–Crippen LogP) is 6.52. The van der Waals surface area contributed by atoms with Gasteiger partial charge in [0.1, 0.15) is 21.9 Å². The number of hydrogen-bond acceptors (Lipinski definition) is 6. The molecule has 6 nitrogen and oxygen atoms in total. The van der Waals surface area contributed by atoms with Gasteiger partial charge in [0.25, 0.3) is 11.8 Å². The molecule has 0 atom stereocenters. The SMILES string of the molecule is CCCCCCN1C(=O)C2=C(c3ccc(C#N)s3)N(CCCCCC)C(=O)C2=C1c1ccc(C#N)s1. The number of fused-ring (bicyclic) bond motifs is 1. The summed E-state index contributed by atoms with van der Waals surface area (Å²) in [6.45, 7) is 5.36. The molecule has 2 aliphatic heterocycles. The molecule has 4 heterocycles. The van der Waals surface area contributed by atoms with Crippen molar-refractivity contribution in [3.05, 3.63) is 54.9 Å². The molecule has 2 aliphatic rings. The number of hydrogen-bond donors (Lipinski definition) is 0. The van der Waals surface area contributed by atoms with Crippen molar-refractivity contribution in [1.82, 2.24) is 9.80 Å². The minimum atomic E-state index is -0.158. The van der Waals surface area contributed by atoms with Crippen LogP contribution in [0, 0.1) is 22.7 Å². The van der Waals surface area contributed by atoms with Crippen LogP contribution in [-0.4, -0.2) is 34.7 Å². The maximum absolute atomic E-state index is 14.0. The third-order valence-electron chi connectivity index (χ3n) is 6.55. The second-order valence-corrected chi connectivity index (χ2v) is 11.2. The maximum Gasteiger partial charge on any atom is 0.261 e. The summed E-state index contributed by atoms with van der Waals surface area (Å²) in [4.78, 5) is 34.1. The lowest BCUT2D eigenvalue weighted by atomic mass is 10.1. The highest BCUT2D eigenvalue weighted by Crippen LogP contribution is 2.48. The molecule has 2 amide bonds. The van der Waals surface area contributed by atoms with Crippen LogP contribution in [0.5, 0.6) is 0 Å². The third-order valence-corrected chi connectivity index (χ3v) is 8.54. The number of nitriles is 2. The lowest BCUT2D eigenvalue weighted by Gasteiger charge is -2.24. The molecule has 8 heteroatoms. The van der Waals surface area contributed by atoms with E-state index in [1.165, 1.54) is 22.7 Å². The number of thiophene rings is 2. The van der Waals surface area contributed by atoms with Gasteiger partial charge in [-0.15, -0.1) is 22.7 Å². The zero-order valence-corrected chi connectivity index (χ0v) is 22.4. The lowest BCUT2D eigenvalue weighted by molar-refractivity contribution is -0.124. The Hall–Kier alpha value is -3.20. The summed E-state index contributed by atoms with van der Waals surface area (Å²) in [5.74, 6) is -0.315. The maximum atomic E-state index is 14.0. The third kappa shape index (κ3) is 4.89. The molecular formula is C28H30N4O2S2. The molecule has 2 aromatic rings. The quantitative estimate of drug-likeness (QED) is 0.299. The fourth-order valence-corrected chi connectivity index (χ4v) is 6.51. The van der Waals surface area contributed by atoms with Crippen molar-refractivity contribution in [2.24, 2.45) is 0 Å². The Labute approximate surface area is 220 Å². The molecule has 0 fully saturated rings. The number of carbonyl (C=O) groups excluding carboxylic acids is 2. The van der Waals surface area contributed by atoms with Crippen LogP contribution < -0.4 is 0 Å². The van der Waals surface area contributed by atoms with Gasteiger partial charge in [-0.1, -0.05) is 52.4 Å². The van der Waals surface area contributed by atoms with Crippen molar-refractivity contribution in [3.63, 3.8) is 0 Å². The first-order valence-electron chi connectivity index (χ1n) is 12.7. The summed E-state index contributed by atoms with van der Waals surface area (Å²) < 4.78 is 0. The Bertz CT molecular complexity index is 1200. The first kappa shape index (κ1) is 25.9. The summed E-state index contributed by atoms with van der Waals surface area (Å²) in [7, 11) is 0. The van der Waals surface area contributed by atoms with Gasteiger partial charge in [-0.25, -0.2) is 0 Å². The summed E-state index contributed by atoms with van der Waals surface area (Å²) in [6.07, 6.45) is 8.10. The fraction of sp³-hybridized carbons (Fsp3) is 0.429. The van der Waals surface area contributed by atoms with E-state index in [0.29, 0.717) is 45.4 Å². The van der Waals surface area contributed by atoms with Gasteiger partial charge < -0.3 is 9.80 Å². The molecule has 36 heavy (non-hydrogen) atoms. The van der Waals surface area contributed by atoms with E-state index in [1.54, 1.807) is 21.9 Å². The van der Waals surface area contributed by atoms with Crippen LogP contribution in [0.3, 0.4) is 0 Å². The van der Waals surface area contributed by atoms with Crippen molar-refractivity contribution in [2.45, 2.75) is 65.2 Å². The molecule has 0 N–H and O–H groups in total. The number of carbonyl (C=O) groups is 2. The van der Waals surface area contributed by atoms with Crippen molar-refractivity contribution < 1.29 is 9.59 Å². The Morgan fingerprint density at radius 3 is 1.42 bits per heavy atom. The molecule has 186 valence electrons. The van der Waals surface area contributed by atoms with Crippen molar-refractivity contribution in [3.8, 4) is 12.1 Å². The average Bonchev–Trinajstić information content (AvgIpc) is 3.65. The summed E-state index contributed by atoms with van der Waals surface area (Å²) in [5.41, 5.74) is 2.15. The van der Waals surface area contributed by atoms with E-state index in [4.69, 9.17) is 0 Å². The van der Waals surface area contributed by atoms with Crippen LogP contribution in [0.1, 0.15) is 84.7 Å². The van der Waals surface area contributed by atoms with Crippen molar-refractivity contribution >= 4 is 45.9 Å². The van der Waals surface area contributed by atoms with Crippen LogP contribution in [-0.2, 0) is 9.59 Å². The smallest absolute Gasteiger partial charge is 0.261 e. The molecule has 0 unspecified atom stereocenters. The molecule has 0 aromatic carbocycles. The van der Waals surface area contributed by atoms with Gasteiger partial charge in [0.05, 0.1) is 32.3 Å². The molecule has 0 saturated carbocycles. The highest BCUT2D eigenvalue weighted by Gasteiger charge is 2.49. The van der Waals surface area contributed by atoms with Crippen molar-refractivity contribution in [2.75, 3.05) is 13.1 Å². The molecule has 2 aromatic heterocycles. The van der Waals surface area contributed by atoms with Gasteiger partial charge in [-0.2, -0.15) is 10.5 Å². The van der Waals surface area contributed by atoms with Crippen LogP contribution >= 0.6 is 22.7 Å². The molecule has 0 saturated heterocycles. The van der Waals surface area contributed by atoms with E-state index in [0.717, 1.165) is 61.1 Å². The lowest BCUT2D eigenvalue weighted by Crippen LogP contribution is -2.30. The molecule has 4 rings (SSSR count). The van der Waals surface area contributed by atoms with Gasteiger partial charge in [0.15, 0.2) is 0 Å². The average molecular weight is 519 g/mol. The van der Waals surface area contributed by atoms with Crippen LogP contribution in [0.15, 0.2) is 35.4 Å². The number of nitrogens with zero attached hydrogens (tertiary/aromatic N) is 4. The van der Waals surface area contributed by atoms with E-state index >= 15 is 0 Å². The zero-order valence-electron chi connectivity index (χ0n) is 20.8. The Morgan fingerprint density at radius 1 is 0.667 bits per heavy atom. The van der Waals surface area contributed by atoms with Crippen LogP contribution in [0.25, 0.3) is 11.4 Å². The van der Waals surface area contributed by atoms with Gasteiger partial charge >= 0.3 is 0 Å². The summed E-state index contributed by atoms with van der Waals surface area (Å²) in [6, 6.07) is 11.5. The first-order valence-corrected chi connectivity index (χ1v) is 14.3. The molecule has 0 radical (unpaired) electrons. The Morgan fingerprint density at radius 2 is 1.08 bits per heavy atom. The second kappa shape index (κ2) is 11.7. The van der Waals surface area contributed by atoms with E-state index < -0.39 is 0 Å². The Kier molecular flexibility index (Phi) is 8.40. The van der Waals surface area contributed by atoms with Gasteiger partial charge in [-0.05, 0) is 37.1 Å². The highest BCUT2D eigenvalue weighted by atomic mass is 32.1. The minimum Gasteiger partial charge on any atom is -0.306 e. The largest absolute Gasteiger partial charge is 0.306 e. The normalized spacial score (nSPS) is 15.2. The molecule has 0 spiro atoms. The number of rotatable bonds is 12. The molecule has 0 bridgehead atoms. The van der Waals surface area contributed by atoms with Gasteiger partial charge in [0, 0.05) is 13.1 Å². The molecule has 0 aliphatic carbocycles. The molecular weight excluding hydrogens is 488 g/mol. The zero-order chi connectivity index (χ0) is 25.7. The van der Waals surface area contributed by atoms with E-state index in [-0.39, 0.29) is 11.8 Å². The second-order valence-electron chi connectivity index (χ2n) is 9.03. The van der Waals surface area contributed by atoms with Crippen LogP contribution in [0.2, 0.25) is 0 Å². The van der Waals surface area contributed by atoms with Gasteiger partial charge in [-0.3, -0.25) is 9.59 Å².